The number of hydrogen-bond acceptors (Lipinski definition) is 4. The van der Waals surface area contributed by atoms with Gasteiger partial charge in [0.1, 0.15) is 5.75 Å². The predicted molar refractivity (Wildman–Crippen MR) is 93.1 cm³/mol. The van der Waals surface area contributed by atoms with Crippen LogP contribution in [-0.2, 0) is 11.3 Å². The first-order valence-electron chi connectivity index (χ1n) is 8.55. The number of benzene rings is 1. The lowest BCUT2D eigenvalue weighted by Gasteiger charge is -2.19. The van der Waals surface area contributed by atoms with Crippen molar-refractivity contribution < 1.29 is 14.6 Å². The van der Waals surface area contributed by atoms with E-state index in [0.717, 1.165) is 31.1 Å². The Hall–Kier alpha value is -1.30. The van der Waals surface area contributed by atoms with Crippen LogP contribution in [-0.4, -0.2) is 48.8 Å². The molecule has 0 bridgehead atoms. The molecule has 2 fully saturated rings. The average Bonchev–Trinajstić information content (AvgIpc) is 3.31. The van der Waals surface area contributed by atoms with E-state index in [-0.39, 0.29) is 25.0 Å². The molecule has 132 valence electrons. The second kappa shape index (κ2) is 7.72. The molecule has 1 aromatic carbocycles. The Bertz CT molecular complexity index is 592. The highest BCUT2D eigenvalue weighted by molar-refractivity contribution is 6.32. The van der Waals surface area contributed by atoms with Crippen LogP contribution in [0.1, 0.15) is 24.8 Å². The first kappa shape index (κ1) is 17.5. The summed E-state index contributed by atoms with van der Waals surface area (Å²) >= 11 is 6.21. The summed E-state index contributed by atoms with van der Waals surface area (Å²) in [4.78, 5) is 14.2. The average molecular weight is 353 g/mol. The number of carbonyl (C=O) groups is 1. The van der Waals surface area contributed by atoms with E-state index in [1.165, 1.54) is 12.8 Å². The minimum Gasteiger partial charge on any atom is -0.495 e. The fourth-order valence-electron chi connectivity index (χ4n) is 3.64. The van der Waals surface area contributed by atoms with Crippen molar-refractivity contribution in [3.05, 3.63) is 28.8 Å². The maximum absolute atomic E-state index is 11.8. The van der Waals surface area contributed by atoms with Crippen LogP contribution in [0.3, 0.4) is 0 Å². The van der Waals surface area contributed by atoms with Crippen molar-refractivity contribution in [3.8, 4) is 5.75 Å². The summed E-state index contributed by atoms with van der Waals surface area (Å²) < 4.78 is 5.20. The number of likely N-dealkylation sites (tertiary alicyclic amines) is 1. The van der Waals surface area contributed by atoms with Gasteiger partial charge in [-0.2, -0.15) is 0 Å². The van der Waals surface area contributed by atoms with Gasteiger partial charge < -0.3 is 15.2 Å². The molecule has 0 spiro atoms. The van der Waals surface area contributed by atoms with Crippen LogP contribution < -0.4 is 10.1 Å². The summed E-state index contributed by atoms with van der Waals surface area (Å²) in [6, 6.07) is 6.07. The van der Waals surface area contributed by atoms with E-state index >= 15 is 0 Å². The third-order valence-corrected chi connectivity index (χ3v) is 5.27. The molecule has 6 heteroatoms. The van der Waals surface area contributed by atoms with Gasteiger partial charge in [-0.1, -0.05) is 17.7 Å². The van der Waals surface area contributed by atoms with Crippen LogP contribution in [0.4, 0.5) is 0 Å². The predicted octanol–water partition coefficient (Wildman–Crippen LogP) is 2.06. The fraction of sp³-hybridized carbons (Fsp3) is 0.611. The van der Waals surface area contributed by atoms with Crippen LogP contribution in [0.5, 0.6) is 5.75 Å². The number of nitrogens with one attached hydrogen (secondary N) is 1. The minimum atomic E-state index is -0.0965. The van der Waals surface area contributed by atoms with Gasteiger partial charge in [-0.25, -0.2) is 0 Å². The van der Waals surface area contributed by atoms with E-state index in [2.05, 4.69) is 10.2 Å². The van der Waals surface area contributed by atoms with Crippen molar-refractivity contribution in [2.75, 3.05) is 26.8 Å². The zero-order valence-electron chi connectivity index (χ0n) is 14.0. The second-order valence-electron chi connectivity index (χ2n) is 6.81. The molecular formula is C18H25ClN2O3. The lowest BCUT2D eigenvalue weighted by Crippen LogP contribution is -2.41. The van der Waals surface area contributed by atoms with Gasteiger partial charge in [-0.3, -0.25) is 9.69 Å². The Labute approximate surface area is 147 Å². The van der Waals surface area contributed by atoms with Gasteiger partial charge in [-0.05, 0) is 42.4 Å². The molecule has 1 aliphatic carbocycles. The van der Waals surface area contributed by atoms with E-state index in [0.29, 0.717) is 16.7 Å². The number of nitrogens with zero attached hydrogens (tertiary/aromatic N) is 1. The monoisotopic (exact) mass is 352 g/mol. The molecule has 1 aliphatic heterocycles. The molecule has 1 amide bonds. The number of aliphatic hydroxyl groups excluding tert-OH is 1. The zero-order chi connectivity index (χ0) is 17.1. The number of aliphatic hydroxyl groups is 1. The molecule has 1 aromatic rings. The van der Waals surface area contributed by atoms with Gasteiger partial charge in [0, 0.05) is 32.1 Å². The summed E-state index contributed by atoms with van der Waals surface area (Å²) in [6.07, 6.45) is 2.71. The quantitative estimate of drug-likeness (QED) is 0.788. The van der Waals surface area contributed by atoms with Crippen LogP contribution in [0.15, 0.2) is 18.2 Å². The maximum Gasteiger partial charge on any atom is 0.222 e. The molecule has 3 rings (SSSR count). The van der Waals surface area contributed by atoms with Crippen molar-refractivity contribution in [2.45, 2.75) is 31.8 Å². The van der Waals surface area contributed by atoms with Crippen molar-refractivity contribution in [3.63, 3.8) is 0 Å². The number of halogens is 1. The highest BCUT2D eigenvalue weighted by atomic mass is 35.5. The van der Waals surface area contributed by atoms with Crippen molar-refractivity contribution in [1.29, 1.82) is 0 Å². The molecule has 24 heavy (non-hydrogen) atoms. The number of amides is 1. The fourth-order valence-corrected chi connectivity index (χ4v) is 3.92. The van der Waals surface area contributed by atoms with E-state index < -0.39 is 0 Å². The van der Waals surface area contributed by atoms with Crippen LogP contribution in [0, 0.1) is 11.8 Å². The number of hydrogen-bond donors (Lipinski definition) is 2. The third-order valence-electron chi connectivity index (χ3n) is 4.98. The Morgan fingerprint density at radius 2 is 2.21 bits per heavy atom. The minimum absolute atomic E-state index is 0.0532. The summed E-state index contributed by atoms with van der Waals surface area (Å²) in [5, 5.41) is 12.7. The van der Waals surface area contributed by atoms with Crippen LogP contribution in [0.2, 0.25) is 5.02 Å². The van der Waals surface area contributed by atoms with Gasteiger partial charge in [0.2, 0.25) is 5.91 Å². The molecule has 2 aliphatic rings. The third kappa shape index (κ3) is 4.21. The topological polar surface area (TPSA) is 61.8 Å². The van der Waals surface area contributed by atoms with Gasteiger partial charge in [0.25, 0.3) is 0 Å². The number of methoxy groups -OCH3 is 1. The highest BCUT2D eigenvalue weighted by Crippen LogP contribution is 2.41. The highest BCUT2D eigenvalue weighted by Gasteiger charge is 2.42. The van der Waals surface area contributed by atoms with Gasteiger partial charge in [0.05, 0.1) is 18.7 Å². The van der Waals surface area contributed by atoms with Crippen molar-refractivity contribution in [1.82, 2.24) is 10.2 Å². The largest absolute Gasteiger partial charge is 0.495 e. The van der Waals surface area contributed by atoms with Crippen LogP contribution in [0.25, 0.3) is 0 Å². The normalized spacial score (nSPS) is 24.1. The number of carbonyl (C=O) groups excluding carboxylic acids is 1. The summed E-state index contributed by atoms with van der Waals surface area (Å²) in [5.74, 6) is 1.88. The van der Waals surface area contributed by atoms with E-state index in [1.807, 2.05) is 18.2 Å². The van der Waals surface area contributed by atoms with E-state index in [4.69, 9.17) is 21.4 Å². The summed E-state index contributed by atoms with van der Waals surface area (Å²) in [5.41, 5.74) is 1.15. The standard InChI is InChI=1S/C18H25ClN2O3/c1-24-17-5-2-12(8-15(17)19)9-21-10-14(13-3-4-13)16(11-21)20-18(23)6-7-22/h2,5,8,13-14,16,22H,3-4,6-7,9-11H2,1H3,(H,20,23)/t14-,16+/m1/s1. The molecule has 1 heterocycles. The molecule has 1 saturated carbocycles. The molecule has 0 unspecified atom stereocenters. The van der Waals surface area contributed by atoms with Gasteiger partial charge in [0.15, 0.2) is 0 Å². The lowest BCUT2D eigenvalue weighted by molar-refractivity contribution is -0.122. The molecular weight excluding hydrogens is 328 g/mol. The first-order chi connectivity index (χ1) is 11.6. The first-order valence-corrected chi connectivity index (χ1v) is 8.93. The number of rotatable bonds is 7. The van der Waals surface area contributed by atoms with E-state index in [9.17, 15) is 4.79 Å². The SMILES string of the molecule is COc1ccc(CN2C[C@H](NC(=O)CCO)[C@@H](C3CC3)C2)cc1Cl. The van der Waals surface area contributed by atoms with E-state index in [1.54, 1.807) is 7.11 Å². The molecule has 5 nitrogen and oxygen atoms in total. The van der Waals surface area contributed by atoms with Gasteiger partial charge >= 0.3 is 0 Å². The molecule has 2 atom stereocenters. The maximum atomic E-state index is 11.8. The van der Waals surface area contributed by atoms with Gasteiger partial charge in [-0.15, -0.1) is 0 Å². The van der Waals surface area contributed by atoms with Crippen molar-refractivity contribution in [2.24, 2.45) is 11.8 Å². The molecule has 1 saturated heterocycles. The van der Waals surface area contributed by atoms with Crippen LogP contribution >= 0.6 is 11.6 Å². The lowest BCUT2D eigenvalue weighted by atomic mass is 9.98. The summed E-state index contributed by atoms with van der Waals surface area (Å²) in [7, 11) is 1.61. The summed E-state index contributed by atoms with van der Waals surface area (Å²) in [6.45, 7) is 2.57. The smallest absolute Gasteiger partial charge is 0.222 e. The Balaban J connectivity index is 1.62. The molecule has 2 N–H and O–H groups in total. The Morgan fingerprint density at radius 1 is 1.42 bits per heavy atom. The second-order valence-corrected chi connectivity index (χ2v) is 7.22. The zero-order valence-corrected chi connectivity index (χ0v) is 14.8. The number of ether oxygens (including phenoxy) is 1. The van der Waals surface area contributed by atoms with Crippen molar-refractivity contribution >= 4 is 17.5 Å². The Kier molecular flexibility index (Phi) is 5.64. The molecule has 0 radical (unpaired) electrons. The Morgan fingerprint density at radius 3 is 2.83 bits per heavy atom. The molecule has 0 aromatic heterocycles.